The molecule has 0 aromatic rings. The van der Waals surface area contributed by atoms with Crippen molar-refractivity contribution < 1.29 is 24.5 Å². The fourth-order valence-electron chi connectivity index (χ4n) is 8.92. The van der Waals surface area contributed by atoms with Crippen LogP contribution in [0.2, 0.25) is 0 Å². The largest absolute Gasteiger partial charge is 0.466 e. The number of ether oxygens (including phenoxy) is 1. The molecule has 0 saturated carbocycles. The van der Waals surface area contributed by atoms with Gasteiger partial charge >= 0.3 is 5.97 Å². The average molecular weight is 929 g/mol. The molecule has 3 N–H and O–H groups in total. The van der Waals surface area contributed by atoms with E-state index in [0.29, 0.717) is 32.3 Å². The minimum Gasteiger partial charge on any atom is -0.466 e. The van der Waals surface area contributed by atoms with E-state index in [2.05, 4.69) is 49.5 Å². The van der Waals surface area contributed by atoms with Gasteiger partial charge in [-0.3, -0.25) is 9.59 Å². The van der Waals surface area contributed by atoms with Crippen molar-refractivity contribution in [1.82, 2.24) is 5.32 Å². The molecule has 6 nitrogen and oxygen atoms in total. The van der Waals surface area contributed by atoms with Crippen LogP contribution in [0, 0.1) is 0 Å². The first kappa shape index (κ1) is 64.1. The van der Waals surface area contributed by atoms with E-state index in [1.54, 1.807) is 0 Å². The molecule has 0 saturated heterocycles. The van der Waals surface area contributed by atoms with Crippen LogP contribution in [-0.2, 0) is 14.3 Å². The normalized spacial score (nSPS) is 12.8. The van der Waals surface area contributed by atoms with Crippen LogP contribution in [0.1, 0.15) is 309 Å². The lowest BCUT2D eigenvalue weighted by Gasteiger charge is -2.22. The Balaban J connectivity index is 3.54. The van der Waals surface area contributed by atoms with Crippen LogP contribution >= 0.6 is 0 Å². The predicted molar refractivity (Wildman–Crippen MR) is 287 cm³/mol. The third-order valence-corrected chi connectivity index (χ3v) is 13.4. The lowest BCUT2D eigenvalue weighted by Crippen LogP contribution is -2.45. The highest BCUT2D eigenvalue weighted by Crippen LogP contribution is 2.17. The Morgan fingerprint density at radius 2 is 0.773 bits per heavy atom. The number of unbranched alkanes of at least 4 members (excludes halogenated alkanes) is 37. The van der Waals surface area contributed by atoms with Crippen molar-refractivity contribution in [3.63, 3.8) is 0 Å². The summed E-state index contributed by atoms with van der Waals surface area (Å²) in [7, 11) is 0. The predicted octanol–water partition coefficient (Wildman–Crippen LogP) is 18.0. The highest BCUT2D eigenvalue weighted by molar-refractivity contribution is 5.76. The monoisotopic (exact) mass is 928 g/mol. The fraction of sp³-hybridized carbons (Fsp3) is 0.867. The maximum absolute atomic E-state index is 12.5. The Labute approximate surface area is 411 Å². The van der Waals surface area contributed by atoms with Gasteiger partial charge in [0.05, 0.1) is 25.4 Å². The van der Waals surface area contributed by atoms with E-state index in [9.17, 15) is 19.8 Å². The van der Waals surface area contributed by atoms with Gasteiger partial charge in [-0.1, -0.05) is 262 Å². The topological polar surface area (TPSA) is 95.9 Å². The molecule has 0 aromatic carbocycles. The molecule has 0 spiro atoms. The summed E-state index contributed by atoms with van der Waals surface area (Å²) < 4.78 is 5.45. The van der Waals surface area contributed by atoms with Crippen LogP contribution < -0.4 is 5.32 Å². The summed E-state index contributed by atoms with van der Waals surface area (Å²) in [5.41, 5.74) is 0. The smallest absolute Gasteiger partial charge is 0.305 e. The summed E-state index contributed by atoms with van der Waals surface area (Å²) in [4.78, 5) is 24.5. The minimum atomic E-state index is -0.701. The third-order valence-electron chi connectivity index (χ3n) is 13.4. The number of rotatable bonds is 54. The molecular weight excluding hydrogens is 815 g/mol. The van der Waals surface area contributed by atoms with Crippen LogP contribution in [-0.4, -0.2) is 47.4 Å². The van der Waals surface area contributed by atoms with Crippen LogP contribution in [0.15, 0.2) is 36.5 Å². The molecule has 2 unspecified atom stereocenters. The number of hydrogen-bond donors (Lipinski definition) is 3. The zero-order valence-corrected chi connectivity index (χ0v) is 44.2. The Morgan fingerprint density at radius 1 is 0.424 bits per heavy atom. The molecule has 0 bridgehead atoms. The lowest BCUT2D eigenvalue weighted by molar-refractivity contribution is -0.143. The van der Waals surface area contributed by atoms with Crippen LogP contribution in [0.3, 0.4) is 0 Å². The van der Waals surface area contributed by atoms with Gasteiger partial charge < -0.3 is 20.3 Å². The van der Waals surface area contributed by atoms with E-state index < -0.39 is 12.1 Å². The number of aliphatic hydroxyl groups excluding tert-OH is 2. The second kappa shape index (κ2) is 55.7. The molecule has 0 fully saturated rings. The van der Waals surface area contributed by atoms with E-state index in [1.807, 2.05) is 6.08 Å². The number of allylic oxidation sites excluding steroid dienone is 6. The lowest BCUT2D eigenvalue weighted by atomic mass is 10.0. The minimum absolute atomic E-state index is 0.0252. The Hall–Kier alpha value is -1.92. The SMILES string of the molecule is CCCCCCC/C=C\CCCCCCCC(=O)OCCCCCCCC/C=C\C/C=C\CCC(=O)NC(CO)C(O)CCCCCCCCCCCCCCCCCCCCCCCC. The molecule has 388 valence electrons. The molecule has 66 heavy (non-hydrogen) atoms. The van der Waals surface area contributed by atoms with Gasteiger partial charge in [-0.25, -0.2) is 0 Å². The molecule has 0 heterocycles. The average Bonchev–Trinajstić information content (AvgIpc) is 3.32. The molecule has 6 heteroatoms. The van der Waals surface area contributed by atoms with Crippen molar-refractivity contribution in [2.75, 3.05) is 13.2 Å². The van der Waals surface area contributed by atoms with Crippen molar-refractivity contribution in [3.05, 3.63) is 36.5 Å². The number of aliphatic hydroxyl groups is 2. The number of esters is 1. The second-order valence-corrected chi connectivity index (χ2v) is 20.0. The van der Waals surface area contributed by atoms with E-state index in [1.165, 1.54) is 218 Å². The molecule has 0 radical (unpaired) electrons. The van der Waals surface area contributed by atoms with Gasteiger partial charge in [0.25, 0.3) is 0 Å². The molecule has 0 aliphatic heterocycles. The number of hydrogen-bond acceptors (Lipinski definition) is 5. The molecule has 0 aliphatic rings. The molecule has 0 rings (SSSR count). The third kappa shape index (κ3) is 51.5. The number of carbonyl (C=O) groups is 2. The first-order valence-electron chi connectivity index (χ1n) is 29.2. The summed E-state index contributed by atoms with van der Waals surface area (Å²) in [6, 6.07) is -0.587. The molecule has 1 amide bonds. The molecule has 0 aromatic heterocycles. The van der Waals surface area contributed by atoms with Crippen LogP contribution in [0.5, 0.6) is 0 Å². The quantitative estimate of drug-likeness (QED) is 0.0321. The van der Waals surface area contributed by atoms with Crippen molar-refractivity contribution >= 4 is 11.9 Å². The number of amides is 1. The van der Waals surface area contributed by atoms with E-state index >= 15 is 0 Å². The van der Waals surface area contributed by atoms with Gasteiger partial charge in [-0.2, -0.15) is 0 Å². The summed E-state index contributed by atoms with van der Waals surface area (Å²) >= 11 is 0. The van der Waals surface area contributed by atoms with Crippen LogP contribution in [0.25, 0.3) is 0 Å². The fourth-order valence-corrected chi connectivity index (χ4v) is 8.92. The Morgan fingerprint density at radius 3 is 1.20 bits per heavy atom. The summed E-state index contributed by atoms with van der Waals surface area (Å²) in [6.45, 7) is 4.89. The van der Waals surface area contributed by atoms with Crippen molar-refractivity contribution in [3.8, 4) is 0 Å². The molecule has 0 aliphatic carbocycles. The van der Waals surface area contributed by atoms with E-state index in [0.717, 1.165) is 51.4 Å². The van der Waals surface area contributed by atoms with Gasteiger partial charge in [0.15, 0.2) is 0 Å². The maximum atomic E-state index is 12.5. The number of nitrogens with one attached hydrogen (secondary N) is 1. The van der Waals surface area contributed by atoms with Crippen LogP contribution in [0.4, 0.5) is 0 Å². The number of carbonyl (C=O) groups excluding carboxylic acids is 2. The van der Waals surface area contributed by atoms with Gasteiger partial charge in [0, 0.05) is 12.8 Å². The van der Waals surface area contributed by atoms with E-state index in [4.69, 9.17) is 4.74 Å². The highest BCUT2D eigenvalue weighted by atomic mass is 16.5. The van der Waals surface area contributed by atoms with E-state index in [-0.39, 0.29) is 18.5 Å². The standard InChI is InChI=1S/C60H113NO5/c1-3-5-7-9-11-13-15-17-19-20-21-22-23-24-25-26-28-32-36-40-44-48-52-58(63)57(56-62)61-59(64)53-49-45-41-37-33-29-27-31-35-39-43-47-51-55-66-60(65)54-50-46-42-38-34-30-18-16-14-12-10-8-6-4-2/h16,18,29,33,41,45,57-58,62-63H,3-15,17,19-28,30-32,34-40,42-44,46-56H2,1-2H3,(H,61,64)/b18-16-,33-29-,45-41-. The molecular formula is C60H113NO5. The summed E-state index contributed by atoms with van der Waals surface area (Å²) in [5, 5.41) is 23.3. The maximum Gasteiger partial charge on any atom is 0.305 e. The zero-order valence-electron chi connectivity index (χ0n) is 44.2. The Bertz CT molecular complexity index is 1070. The van der Waals surface area contributed by atoms with Crippen molar-refractivity contribution in [2.24, 2.45) is 0 Å². The summed E-state index contributed by atoms with van der Waals surface area (Å²) in [6.07, 6.45) is 68.6. The highest BCUT2D eigenvalue weighted by Gasteiger charge is 2.19. The Kier molecular flexibility index (Phi) is 54.1. The van der Waals surface area contributed by atoms with Gasteiger partial charge in [-0.15, -0.1) is 0 Å². The zero-order chi connectivity index (χ0) is 47.9. The van der Waals surface area contributed by atoms with Crippen molar-refractivity contribution in [1.29, 1.82) is 0 Å². The molecule has 2 atom stereocenters. The first-order valence-corrected chi connectivity index (χ1v) is 29.2. The second-order valence-electron chi connectivity index (χ2n) is 20.0. The summed E-state index contributed by atoms with van der Waals surface area (Å²) in [5.74, 6) is -0.139. The van der Waals surface area contributed by atoms with Gasteiger partial charge in [0.1, 0.15) is 0 Å². The van der Waals surface area contributed by atoms with Gasteiger partial charge in [0.2, 0.25) is 5.91 Å². The van der Waals surface area contributed by atoms with Crippen molar-refractivity contribution in [2.45, 2.75) is 321 Å². The first-order chi connectivity index (χ1) is 32.5. The van der Waals surface area contributed by atoms with Gasteiger partial charge in [-0.05, 0) is 70.6 Å².